The summed E-state index contributed by atoms with van der Waals surface area (Å²) in [6.45, 7) is 1.49. The molecule has 3 aromatic carbocycles. The number of H-pyrrole nitrogens is 1. The maximum absolute atomic E-state index is 13.0. The van der Waals surface area contributed by atoms with Gasteiger partial charge in [-0.1, -0.05) is 60.7 Å². The number of piperidine rings is 1. The van der Waals surface area contributed by atoms with Crippen LogP contribution in [0.2, 0.25) is 0 Å². The Labute approximate surface area is 253 Å². The lowest BCUT2D eigenvalue weighted by Gasteiger charge is -2.31. The van der Waals surface area contributed by atoms with Gasteiger partial charge in [-0.05, 0) is 52.8 Å². The first-order valence-corrected chi connectivity index (χ1v) is 14.6. The van der Waals surface area contributed by atoms with Gasteiger partial charge in [0.15, 0.2) is 5.65 Å². The Morgan fingerprint density at radius 3 is 2.32 bits per heavy atom. The van der Waals surface area contributed by atoms with Crippen molar-refractivity contribution in [2.75, 3.05) is 30.7 Å². The van der Waals surface area contributed by atoms with E-state index in [1.165, 1.54) is 28.6 Å². The first-order chi connectivity index (χ1) is 21.5. The van der Waals surface area contributed by atoms with E-state index in [2.05, 4.69) is 49.5 Å². The summed E-state index contributed by atoms with van der Waals surface area (Å²) in [5, 5.41) is 3.00. The fourth-order valence-corrected chi connectivity index (χ4v) is 6.02. The van der Waals surface area contributed by atoms with Gasteiger partial charge in [-0.2, -0.15) is 9.97 Å². The van der Waals surface area contributed by atoms with Crippen molar-refractivity contribution < 1.29 is 19.1 Å². The highest BCUT2D eigenvalue weighted by Crippen LogP contribution is 2.44. The Hall–Kier alpha value is -5.45. The molecule has 2 aromatic heterocycles. The molecule has 2 amide bonds. The van der Waals surface area contributed by atoms with E-state index in [-0.39, 0.29) is 43.0 Å². The van der Waals surface area contributed by atoms with Crippen LogP contribution in [0.1, 0.15) is 35.4 Å². The van der Waals surface area contributed by atoms with Crippen LogP contribution in [0.15, 0.2) is 79.1 Å². The molecule has 0 radical (unpaired) electrons. The number of fused-ring (bicyclic) bond motifs is 4. The van der Waals surface area contributed by atoms with Crippen molar-refractivity contribution in [3.63, 3.8) is 0 Å². The molecule has 11 heteroatoms. The van der Waals surface area contributed by atoms with Crippen molar-refractivity contribution in [2.45, 2.75) is 25.4 Å². The molecule has 4 N–H and O–H groups in total. The number of ether oxygens (including phenoxy) is 2. The van der Waals surface area contributed by atoms with Crippen LogP contribution in [0.25, 0.3) is 22.3 Å². The van der Waals surface area contributed by atoms with Gasteiger partial charge in [0.05, 0.1) is 6.33 Å². The summed E-state index contributed by atoms with van der Waals surface area (Å²) >= 11 is 0. The predicted molar refractivity (Wildman–Crippen MR) is 165 cm³/mol. The first kappa shape index (κ1) is 27.4. The number of nitrogens with one attached hydrogen (secondary N) is 2. The standard InChI is InChI=1S/C33H31N7O4/c34-32-38-29-28(35-19-36-29)31(39-32)43-17-20-9-11-22(12-10-20)37-30(41)21-13-15-40(16-14-21)33(42)44-18-27-25-7-3-1-5-23(25)24-6-2-4-8-26(24)27/h1-12,19,21,27H,13-18H2,(H,37,41)(H3,34,35,36,38,39). The van der Waals surface area contributed by atoms with Crippen LogP contribution in [0.4, 0.5) is 16.4 Å². The number of nitrogen functional groups attached to an aromatic ring is 1. The molecule has 1 aliphatic carbocycles. The average Bonchev–Trinajstić information content (AvgIpc) is 3.66. The molecule has 0 unspecified atom stereocenters. The minimum absolute atomic E-state index is 0.0195. The van der Waals surface area contributed by atoms with E-state index in [0.717, 1.165) is 5.56 Å². The second kappa shape index (κ2) is 11.7. The number of hydrogen-bond donors (Lipinski definition) is 3. The van der Waals surface area contributed by atoms with E-state index in [4.69, 9.17) is 15.2 Å². The zero-order valence-corrected chi connectivity index (χ0v) is 23.9. The van der Waals surface area contributed by atoms with E-state index in [1.807, 2.05) is 48.5 Å². The highest BCUT2D eigenvalue weighted by Gasteiger charge is 2.31. The third-order valence-corrected chi connectivity index (χ3v) is 8.33. The van der Waals surface area contributed by atoms with Crippen molar-refractivity contribution in [1.82, 2.24) is 24.8 Å². The summed E-state index contributed by atoms with van der Waals surface area (Å²) in [5.74, 6) is 0.189. The number of rotatable bonds is 7. The van der Waals surface area contributed by atoms with E-state index in [0.29, 0.717) is 48.7 Å². The van der Waals surface area contributed by atoms with Gasteiger partial charge in [-0.15, -0.1) is 0 Å². The van der Waals surface area contributed by atoms with Crippen LogP contribution in [0, 0.1) is 5.92 Å². The molecule has 222 valence electrons. The normalized spacial score (nSPS) is 14.7. The van der Waals surface area contributed by atoms with E-state index >= 15 is 0 Å². The molecule has 1 aliphatic heterocycles. The van der Waals surface area contributed by atoms with Gasteiger partial charge in [-0.25, -0.2) is 9.78 Å². The SMILES string of the molecule is Nc1nc(OCc2ccc(NC(=O)C3CCN(C(=O)OCC4c5ccccc5-c5ccccc54)CC3)cc2)c2[nH]cnc2n1. The second-order valence-electron chi connectivity index (χ2n) is 11.0. The lowest BCUT2D eigenvalue weighted by Crippen LogP contribution is -2.42. The number of likely N-dealkylation sites (tertiary alicyclic amines) is 1. The largest absolute Gasteiger partial charge is 0.471 e. The number of nitrogens with two attached hydrogens (primary N) is 1. The first-order valence-electron chi connectivity index (χ1n) is 14.6. The van der Waals surface area contributed by atoms with Crippen LogP contribution in [-0.4, -0.2) is 56.5 Å². The van der Waals surface area contributed by atoms with Gasteiger partial charge in [-0.3, -0.25) is 4.79 Å². The summed E-state index contributed by atoms with van der Waals surface area (Å²) in [7, 11) is 0. The summed E-state index contributed by atoms with van der Waals surface area (Å²) in [4.78, 5) is 42.9. The highest BCUT2D eigenvalue weighted by molar-refractivity contribution is 5.92. The van der Waals surface area contributed by atoms with E-state index in [1.54, 1.807) is 4.90 Å². The maximum atomic E-state index is 13.0. The van der Waals surface area contributed by atoms with Gasteiger partial charge < -0.3 is 30.4 Å². The molecule has 0 saturated carbocycles. The van der Waals surface area contributed by atoms with Gasteiger partial charge in [0.2, 0.25) is 17.7 Å². The average molecular weight is 590 g/mol. The van der Waals surface area contributed by atoms with Crippen LogP contribution in [-0.2, 0) is 16.1 Å². The molecule has 2 aliphatic rings. The van der Waals surface area contributed by atoms with Gasteiger partial charge in [0.25, 0.3) is 0 Å². The smallest absolute Gasteiger partial charge is 0.409 e. The van der Waals surface area contributed by atoms with Crippen molar-refractivity contribution in [1.29, 1.82) is 0 Å². The lowest BCUT2D eigenvalue weighted by molar-refractivity contribution is -0.121. The molecule has 3 heterocycles. The number of benzene rings is 3. The van der Waals surface area contributed by atoms with Gasteiger partial charge in [0, 0.05) is 30.6 Å². The molecule has 11 nitrogen and oxygen atoms in total. The molecule has 44 heavy (non-hydrogen) atoms. The molecule has 7 rings (SSSR count). The number of aromatic amines is 1. The Balaban J connectivity index is 0.885. The monoisotopic (exact) mass is 589 g/mol. The zero-order chi connectivity index (χ0) is 30.0. The lowest BCUT2D eigenvalue weighted by atomic mass is 9.96. The predicted octanol–water partition coefficient (Wildman–Crippen LogP) is 5.11. The van der Waals surface area contributed by atoms with Crippen LogP contribution in [0.3, 0.4) is 0 Å². The number of imidazole rings is 1. The minimum Gasteiger partial charge on any atom is -0.471 e. The van der Waals surface area contributed by atoms with Gasteiger partial charge in [0.1, 0.15) is 18.7 Å². The molecule has 0 bridgehead atoms. The topological polar surface area (TPSA) is 148 Å². The number of anilines is 2. The Morgan fingerprint density at radius 2 is 1.61 bits per heavy atom. The van der Waals surface area contributed by atoms with Crippen LogP contribution in [0.5, 0.6) is 5.88 Å². The summed E-state index contributed by atoms with van der Waals surface area (Å²) in [5.41, 5.74) is 13.1. The highest BCUT2D eigenvalue weighted by atomic mass is 16.6. The minimum atomic E-state index is -0.332. The Bertz CT molecular complexity index is 1780. The summed E-state index contributed by atoms with van der Waals surface area (Å²) < 4.78 is 11.6. The maximum Gasteiger partial charge on any atom is 0.409 e. The number of carbonyl (C=O) groups excluding carboxylic acids is 2. The number of hydrogen-bond acceptors (Lipinski definition) is 8. The molecular formula is C33H31N7O4. The van der Waals surface area contributed by atoms with Crippen LogP contribution < -0.4 is 15.8 Å². The second-order valence-corrected chi connectivity index (χ2v) is 11.0. The summed E-state index contributed by atoms with van der Waals surface area (Å²) in [6, 6.07) is 24.0. The van der Waals surface area contributed by atoms with Crippen molar-refractivity contribution in [3.8, 4) is 17.0 Å². The fourth-order valence-electron chi connectivity index (χ4n) is 6.02. The number of carbonyl (C=O) groups is 2. The third-order valence-electron chi connectivity index (χ3n) is 8.33. The summed E-state index contributed by atoms with van der Waals surface area (Å²) in [6.07, 6.45) is 2.33. The molecular weight excluding hydrogens is 558 g/mol. The Kier molecular flexibility index (Phi) is 7.27. The number of aromatic nitrogens is 4. The van der Waals surface area contributed by atoms with E-state index < -0.39 is 0 Å². The molecule has 0 spiro atoms. The Morgan fingerprint density at radius 1 is 0.932 bits per heavy atom. The fraction of sp³-hybridized carbons (Fsp3) is 0.242. The van der Waals surface area contributed by atoms with Gasteiger partial charge >= 0.3 is 6.09 Å². The van der Waals surface area contributed by atoms with Crippen molar-refractivity contribution in [2.24, 2.45) is 5.92 Å². The van der Waals surface area contributed by atoms with Crippen molar-refractivity contribution >= 4 is 34.8 Å². The van der Waals surface area contributed by atoms with E-state index in [9.17, 15) is 9.59 Å². The van der Waals surface area contributed by atoms with Crippen LogP contribution >= 0.6 is 0 Å². The van der Waals surface area contributed by atoms with Crippen molar-refractivity contribution in [3.05, 3.63) is 95.8 Å². The molecule has 1 fully saturated rings. The molecule has 0 atom stereocenters. The molecule has 1 saturated heterocycles. The number of nitrogens with zero attached hydrogens (tertiary/aromatic N) is 4. The molecule has 5 aromatic rings. The quantitative estimate of drug-likeness (QED) is 0.237. The number of amides is 2. The third kappa shape index (κ3) is 5.39. The zero-order valence-electron chi connectivity index (χ0n) is 23.9.